The van der Waals surface area contributed by atoms with Gasteiger partial charge in [-0.05, 0) is 71.4 Å². The van der Waals surface area contributed by atoms with Crippen LogP contribution >= 0.6 is 23.2 Å². The van der Waals surface area contributed by atoms with E-state index in [-0.39, 0.29) is 24.8 Å². The average molecular weight is 581 g/mol. The zero-order valence-electron chi connectivity index (χ0n) is 22.8. The van der Waals surface area contributed by atoms with Crippen LogP contribution in [0.2, 0.25) is 10.2 Å². The lowest BCUT2D eigenvalue weighted by Crippen LogP contribution is -2.41. The molecule has 0 spiro atoms. The van der Waals surface area contributed by atoms with Crippen LogP contribution in [0.1, 0.15) is 53.2 Å². The van der Waals surface area contributed by atoms with Gasteiger partial charge >= 0.3 is 12.2 Å². The van der Waals surface area contributed by atoms with Crippen molar-refractivity contribution in [1.82, 2.24) is 14.7 Å². The summed E-state index contributed by atoms with van der Waals surface area (Å²) in [5.74, 6) is 0.416. The number of halogens is 2. The number of hydrogen-bond donors (Lipinski definition) is 2. The van der Waals surface area contributed by atoms with Crippen LogP contribution < -0.4 is 10.5 Å². The largest absolute Gasteiger partial charge is 0.492 e. The van der Waals surface area contributed by atoms with Crippen LogP contribution in [0, 0.1) is 0 Å². The number of hydrogen-bond acceptors (Lipinski definition) is 8. The molecule has 1 amide bonds. The molecule has 0 saturated carbocycles. The SMILES string of the molecule is CC(C)(C)OC(=O)N(CCOc1ccc2c(Cl)nn(C(=O)OC(C)(C)C)c2c1)CC(O)c1ccc(Cl)c(N)c1. The molecule has 2 aromatic carbocycles. The normalized spacial score (nSPS) is 12.7. The van der Waals surface area contributed by atoms with Crippen molar-refractivity contribution in [3.8, 4) is 5.75 Å². The number of amides is 1. The van der Waals surface area contributed by atoms with Crippen molar-refractivity contribution in [3.63, 3.8) is 0 Å². The maximum Gasteiger partial charge on any atom is 0.435 e. The van der Waals surface area contributed by atoms with E-state index in [1.54, 1.807) is 77.9 Å². The lowest BCUT2D eigenvalue weighted by Gasteiger charge is -2.29. The van der Waals surface area contributed by atoms with Crippen LogP contribution in [-0.4, -0.2) is 62.9 Å². The first kappa shape index (κ1) is 30.3. The zero-order valence-corrected chi connectivity index (χ0v) is 24.3. The van der Waals surface area contributed by atoms with Crippen molar-refractivity contribution in [2.45, 2.75) is 58.8 Å². The maximum atomic E-state index is 12.9. The highest BCUT2D eigenvalue weighted by molar-refractivity contribution is 6.34. The summed E-state index contributed by atoms with van der Waals surface area (Å²) in [6.07, 6.45) is -2.33. The Kier molecular flexibility index (Phi) is 9.25. The number of benzene rings is 2. The molecule has 0 aliphatic rings. The van der Waals surface area contributed by atoms with Crippen LogP contribution in [0.5, 0.6) is 5.75 Å². The smallest absolute Gasteiger partial charge is 0.435 e. The molecule has 0 radical (unpaired) electrons. The molecule has 12 heteroatoms. The third-order valence-electron chi connectivity index (χ3n) is 5.25. The minimum absolute atomic E-state index is 0.0640. The van der Waals surface area contributed by atoms with Gasteiger partial charge in [-0.2, -0.15) is 4.68 Å². The van der Waals surface area contributed by atoms with E-state index in [9.17, 15) is 14.7 Å². The minimum Gasteiger partial charge on any atom is -0.492 e. The van der Waals surface area contributed by atoms with Crippen molar-refractivity contribution in [3.05, 3.63) is 52.1 Å². The molecule has 3 rings (SSSR count). The minimum atomic E-state index is -1.04. The first-order chi connectivity index (χ1) is 18.0. The topological polar surface area (TPSA) is 129 Å². The molecule has 0 saturated heterocycles. The maximum absolute atomic E-state index is 12.9. The summed E-state index contributed by atoms with van der Waals surface area (Å²) >= 11 is 12.2. The number of fused-ring (bicyclic) bond motifs is 1. The van der Waals surface area contributed by atoms with Crippen LogP contribution in [0.15, 0.2) is 36.4 Å². The lowest BCUT2D eigenvalue weighted by atomic mass is 10.1. The molecule has 3 aromatic rings. The molecule has 39 heavy (non-hydrogen) atoms. The highest BCUT2D eigenvalue weighted by Gasteiger charge is 2.26. The van der Waals surface area contributed by atoms with Gasteiger partial charge in [-0.25, -0.2) is 9.59 Å². The van der Waals surface area contributed by atoms with Crippen LogP contribution in [0.3, 0.4) is 0 Å². The van der Waals surface area contributed by atoms with Crippen molar-refractivity contribution >= 4 is 52.0 Å². The van der Waals surface area contributed by atoms with Gasteiger partial charge in [-0.3, -0.25) is 0 Å². The van der Waals surface area contributed by atoms with Crippen LogP contribution in [0.4, 0.5) is 15.3 Å². The number of aromatic nitrogens is 2. The Labute approximate surface area is 237 Å². The van der Waals surface area contributed by atoms with E-state index in [1.165, 1.54) is 4.90 Å². The van der Waals surface area contributed by atoms with Crippen molar-refractivity contribution in [2.75, 3.05) is 25.4 Å². The molecule has 3 N–H and O–H groups in total. The third-order valence-corrected chi connectivity index (χ3v) is 5.88. The van der Waals surface area contributed by atoms with Gasteiger partial charge in [-0.1, -0.05) is 29.3 Å². The Morgan fingerprint density at radius 2 is 1.72 bits per heavy atom. The van der Waals surface area contributed by atoms with E-state index >= 15 is 0 Å². The number of aliphatic hydroxyl groups is 1. The number of ether oxygens (including phenoxy) is 3. The molecule has 1 atom stereocenters. The van der Waals surface area contributed by atoms with E-state index in [2.05, 4.69) is 5.10 Å². The second-order valence-corrected chi connectivity index (χ2v) is 11.7. The molecule has 0 fully saturated rings. The number of nitrogens with zero attached hydrogens (tertiary/aromatic N) is 3. The molecule has 10 nitrogen and oxygen atoms in total. The van der Waals surface area contributed by atoms with Gasteiger partial charge in [0.25, 0.3) is 0 Å². The highest BCUT2D eigenvalue weighted by atomic mass is 35.5. The van der Waals surface area contributed by atoms with Gasteiger partial charge < -0.3 is 30.0 Å². The van der Waals surface area contributed by atoms with Gasteiger partial charge in [-0.15, -0.1) is 5.10 Å². The first-order valence-electron chi connectivity index (χ1n) is 12.3. The second kappa shape index (κ2) is 11.9. The van der Waals surface area contributed by atoms with E-state index in [0.29, 0.717) is 32.9 Å². The fourth-order valence-electron chi connectivity index (χ4n) is 3.53. The zero-order chi connectivity index (χ0) is 29.1. The van der Waals surface area contributed by atoms with Gasteiger partial charge in [0.1, 0.15) is 23.6 Å². The molecular weight excluding hydrogens is 547 g/mol. The lowest BCUT2D eigenvalue weighted by molar-refractivity contribution is 0.0117. The molecule has 0 aliphatic heterocycles. The Hall–Kier alpha value is -3.21. The Morgan fingerprint density at radius 3 is 2.33 bits per heavy atom. The Balaban J connectivity index is 1.76. The molecule has 0 bridgehead atoms. The Bertz CT molecular complexity index is 1350. The molecule has 1 heterocycles. The number of nitrogens with two attached hydrogens (primary N) is 1. The quantitative estimate of drug-likeness (QED) is 0.322. The first-order valence-corrected chi connectivity index (χ1v) is 13.0. The summed E-state index contributed by atoms with van der Waals surface area (Å²) in [6.45, 7) is 10.6. The number of anilines is 1. The average Bonchev–Trinajstić information content (AvgIpc) is 3.14. The van der Waals surface area contributed by atoms with Gasteiger partial charge in [0.05, 0.1) is 35.4 Å². The van der Waals surface area contributed by atoms with E-state index in [0.717, 1.165) is 4.68 Å². The summed E-state index contributed by atoms with van der Waals surface area (Å²) in [7, 11) is 0. The molecular formula is C27H34Cl2N4O6. The van der Waals surface area contributed by atoms with Crippen LogP contribution in [-0.2, 0) is 9.47 Å². The summed E-state index contributed by atoms with van der Waals surface area (Å²) in [5.41, 5.74) is 5.64. The predicted molar refractivity (Wildman–Crippen MR) is 151 cm³/mol. The summed E-state index contributed by atoms with van der Waals surface area (Å²) in [5, 5.41) is 16.0. The van der Waals surface area contributed by atoms with Gasteiger partial charge in [0.2, 0.25) is 0 Å². The standard InChI is InChI=1S/C27H34Cl2N4O6/c1-26(2,3)38-24(35)32(15-22(34)16-7-10-19(28)20(30)13-16)11-12-37-17-8-9-18-21(14-17)33(31-23(18)29)25(36)39-27(4,5)6/h7-10,13-14,22,34H,11-12,15,30H2,1-6H3. The Morgan fingerprint density at radius 1 is 1.05 bits per heavy atom. The monoisotopic (exact) mass is 580 g/mol. The molecule has 0 aliphatic carbocycles. The molecule has 212 valence electrons. The highest BCUT2D eigenvalue weighted by Crippen LogP contribution is 2.28. The number of carbonyl (C=O) groups is 2. The summed E-state index contributed by atoms with van der Waals surface area (Å²) in [4.78, 5) is 26.9. The van der Waals surface area contributed by atoms with Crippen molar-refractivity contribution < 1.29 is 28.9 Å². The predicted octanol–water partition coefficient (Wildman–Crippen LogP) is 6.06. The molecule has 1 aromatic heterocycles. The van der Waals surface area contributed by atoms with E-state index in [1.807, 2.05) is 0 Å². The summed E-state index contributed by atoms with van der Waals surface area (Å²) < 4.78 is 17.9. The summed E-state index contributed by atoms with van der Waals surface area (Å²) in [6, 6.07) is 9.76. The fraction of sp³-hybridized carbons (Fsp3) is 0.444. The number of rotatable bonds is 7. The van der Waals surface area contributed by atoms with Crippen molar-refractivity contribution in [2.24, 2.45) is 0 Å². The number of nitrogen functional groups attached to an aromatic ring is 1. The number of aliphatic hydroxyl groups excluding tert-OH is 1. The fourth-order valence-corrected chi connectivity index (χ4v) is 3.88. The van der Waals surface area contributed by atoms with Crippen molar-refractivity contribution in [1.29, 1.82) is 0 Å². The van der Waals surface area contributed by atoms with E-state index in [4.69, 9.17) is 43.1 Å². The van der Waals surface area contributed by atoms with Crippen LogP contribution in [0.25, 0.3) is 10.9 Å². The van der Waals surface area contributed by atoms with Gasteiger partial charge in [0, 0.05) is 11.5 Å². The van der Waals surface area contributed by atoms with E-state index < -0.39 is 29.5 Å². The second-order valence-electron chi connectivity index (χ2n) is 10.9. The van der Waals surface area contributed by atoms with Gasteiger partial charge in [0.15, 0.2) is 5.15 Å². The number of carbonyl (C=O) groups excluding carboxylic acids is 2. The third kappa shape index (κ3) is 8.39. The molecule has 1 unspecified atom stereocenters.